The Morgan fingerprint density at radius 1 is 1.41 bits per heavy atom. The number of ether oxygens (including phenoxy) is 1. The lowest BCUT2D eigenvalue weighted by molar-refractivity contribution is -0.122. The number of carbonyl (C=O) groups is 2. The highest BCUT2D eigenvalue weighted by molar-refractivity contribution is 7.15. The lowest BCUT2D eigenvalue weighted by atomic mass is 10.1. The molecule has 0 radical (unpaired) electrons. The summed E-state index contributed by atoms with van der Waals surface area (Å²) in [5, 5.41) is 3.58. The Morgan fingerprint density at radius 3 is 3.00 bits per heavy atom. The number of thiazole rings is 1. The molecular weight excluding hydrogens is 388 g/mol. The van der Waals surface area contributed by atoms with E-state index in [2.05, 4.69) is 22.1 Å². The Labute approximate surface area is 174 Å². The van der Waals surface area contributed by atoms with Crippen LogP contribution in [0.15, 0.2) is 18.2 Å². The van der Waals surface area contributed by atoms with Crippen molar-refractivity contribution in [2.45, 2.75) is 33.2 Å². The van der Waals surface area contributed by atoms with Crippen LogP contribution in [-0.4, -0.2) is 48.4 Å². The van der Waals surface area contributed by atoms with E-state index in [1.807, 2.05) is 25.1 Å². The third kappa shape index (κ3) is 4.00. The molecule has 1 aromatic heterocycles. The molecule has 0 aliphatic carbocycles. The highest BCUT2D eigenvalue weighted by Crippen LogP contribution is 2.35. The molecule has 0 spiro atoms. The standard InChI is InChI=1S/C21H26N4O3S/c1-4-24-8-7-15-18(12-24)29-21(22-15)23-20(27)14-10-19(26)25(11-14)16-9-13(2)5-6-17(16)28-3/h5-6,9,14H,4,7-8,10-12H2,1-3H3,(H,22,23,27). The zero-order valence-electron chi connectivity index (χ0n) is 17.0. The topological polar surface area (TPSA) is 74.8 Å². The third-order valence-electron chi connectivity index (χ3n) is 5.61. The lowest BCUT2D eigenvalue weighted by Crippen LogP contribution is -2.29. The van der Waals surface area contributed by atoms with E-state index >= 15 is 0 Å². The van der Waals surface area contributed by atoms with Gasteiger partial charge in [0.2, 0.25) is 11.8 Å². The summed E-state index contributed by atoms with van der Waals surface area (Å²) in [6.07, 6.45) is 1.11. The van der Waals surface area contributed by atoms with Crippen molar-refractivity contribution in [2.75, 3.05) is 37.0 Å². The maximum Gasteiger partial charge on any atom is 0.231 e. The molecule has 2 aliphatic rings. The molecule has 1 fully saturated rings. The van der Waals surface area contributed by atoms with Gasteiger partial charge < -0.3 is 15.0 Å². The van der Waals surface area contributed by atoms with Crippen molar-refractivity contribution in [3.8, 4) is 5.75 Å². The first-order valence-corrected chi connectivity index (χ1v) is 10.8. The van der Waals surface area contributed by atoms with Crippen LogP contribution in [0.5, 0.6) is 5.75 Å². The van der Waals surface area contributed by atoms with E-state index in [0.29, 0.717) is 17.4 Å². The molecule has 7 nitrogen and oxygen atoms in total. The van der Waals surface area contributed by atoms with Gasteiger partial charge in [-0.25, -0.2) is 4.98 Å². The van der Waals surface area contributed by atoms with E-state index in [-0.39, 0.29) is 18.2 Å². The van der Waals surface area contributed by atoms with Gasteiger partial charge in [0.25, 0.3) is 0 Å². The molecule has 1 atom stereocenters. The van der Waals surface area contributed by atoms with Crippen molar-refractivity contribution in [3.05, 3.63) is 34.3 Å². The average Bonchev–Trinajstić information content (AvgIpc) is 3.29. The Balaban J connectivity index is 1.45. The number of hydrogen-bond acceptors (Lipinski definition) is 6. The van der Waals surface area contributed by atoms with E-state index in [0.717, 1.165) is 43.0 Å². The molecular formula is C21H26N4O3S. The van der Waals surface area contributed by atoms with Crippen molar-refractivity contribution in [1.29, 1.82) is 0 Å². The summed E-state index contributed by atoms with van der Waals surface area (Å²) in [6.45, 7) is 7.38. The monoisotopic (exact) mass is 414 g/mol. The van der Waals surface area contributed by atoms with Crippen LogP contribution in [0.1, 0.15) is 29.5 Å². The predicted octanol–water partition coefficient (Wildman–Crippen LogP) is 2.83. The number of anilines is 2. The molecule has 1 aromatic carbocycles. The summed E-state index contributed by atoms with van der Waals surface area (Å²) in [6, 6.07) is 5.72. The summed E-state index contributed by atoms with van der Waals surface area (Å²) < 4.78 is 5.41. The number of nitrogens with one attached hydrogen (secondary N) is 1. The van der Waals surface area contributed by atoms with Gasteiger partial charge in [0.15, 0.2) is 5.13 Å². The summed E-state index contributed by atoms with van der Waals surface area (Å²) in [7, 11) is 1.59. The smallest absolute Gasteiger partial charge is 0.231 e. The maximum atomic E-state index is 12.8. The number of methoxy groups -OCH3 is 1. The number of rotatable bonds is 5. The molecule has 154 valence electrons. The number of carbonyl (C=O) groups excluding carboxylic acids is 2. The van der Waals surface area contributed by atoms with Gasteiger partial charge in [0, 0.05) is 37.4 Å². The van der Waals surface area contributed by atoms with Gasteiger partial charge in [-0.15, -0.1) is 11.3 Å². The molecule has 1 unspecified atom stereocenters. The summed E-state index contributed by atoms with van der Waals surface area (Å²) in [5.74, 6) is 0.0239. The Bertz CT molecular complexity index is 942. The fourth-order valence-electron chi connectivity index (χ4n) is 3.91. The van der Waals surface area contributed by atoms with E-state index < -0.39 is 5.92 Å². The second-order valence-corrected chi connectivity index (χ2v) is 8.66. The zero-order chi connectivity index (χ0) is 20.5. The van der Waals surface area contributed by atoms with Crippen LogP contribution in [0.3, 0.4) is 0 Å². The van der Waals surface area contributed by atoms with Crippen molar-refractivity contribution in [1.82, 2.24) is 9.88 Å². The van der Waals surface area contributed by atoms with Gasteiger partial charge >= 0.3 is 0 Å². The molecule has 29 heavy (non-hydrogen) atoms. The number of amides is 2. The average molecular weight is 415 g/mol. The molecule has 2 aromatic rings. The van der Waals surface area contributed by atoms with Crippen molar-refractivity contribution in [3.63, 3.8) is 0 Å². The summed E-state index contributed by atoms with van der Waals surface area (Å²) in [4.78, 5) is 35.3. The molecule has 3 heterocycles. The minimum absolute atomic E-state index is 0.0638. The molecule has 2 amide bonds. The van der Waals surface area contributed by atoms with Crippen LogP contribution in [0.2, 0.25) is 0 Å². The van der Waals surface area contributed by atoms with Crippen LogP contribution < -0.4 is 15.0 Å². The quantitative estimate of drug-likeness (QED) is 0.814. The van der Waals surface area contributed by atoms with Crippen molar-refractivity contribution >= 4 is 34.0 Å². The lowest BCUT2D eigenvalue weighted by Gasteiger charge is -2.23. The van der Waals surface area contributed by atoms with Gasteiger partial charge in [-0.05, 0) is 31.2 Å². The Hall–Kier alpha value is -2.45. The second kappa shape index (κ2) is 8.12. The van der Waals surface area contributed by atoms with E-state index in [4.69, 9.17) is 4.74 Å². The van der Waals surface area contributed by atoms with E-state index in [1.165, 1.54) is 4.88 Å². The predicted molar refractivity (Wildman–Crippen MR) is 114 cm³/mol. The first kappa shape index (κ1) is 19.8. The number of hydrogen-bond donors (Lipinski definition) is 1. The number of fused-ring (bicyclic) bond motifs is 1. The number of likely N-dealkylation sites (N-methyl/N-ethyl adjacent to an activating group) is 1. The Kier molecular flexibility index (Phi) is 5.56. The normalized spacial score (nSPS) is 19.3. The van der Waals surface area contributed by atoms with Crippen LogP contribution in [0.25, 0.3) is 0 Å². The number of benzene rings is 1. The van der Waals surface area contributed by atoms with Gasteiger partial charge in [0.05, 0.1) is 24.4 Å². The van der Waals surface area contributed by atoms with E-state index in [9.17, 15) is 9.59 Å². The summed E-state index contributed by atoms with van der Waals surface area (Å²) >= 11 is 1.54. The Morgan fingerprint density at radius 2 is 2.24 bits per heavy atom. The largest absolute Gasteiger partial charge is 0.495 e. The molecule has 1 saturated heterocycles. The first-order valence-electron chi connectivity index (χ1n) is 9.95. The van der Waals surface area contributed by atoms with Crippen molar-refractivity contribution < 1.29 is 14.3 Å². The summed E-state index contributed by atoms with van der Waals surface area (Å²) in [5.41, 5.74) is 2.84. The number of aromatic nitrogens is 1. The van der Waals surface area contributed by atoms with Crippen molar-refractivity contribution in [2.24, 2.45) is 5.92 Å². The van der Waals surface area contributed by atoms with Gasteiger partial charge in [0.1, 0.15) is 5.75 Å². The van der Waals surface area contributed by atoms with Crippen LogP contribution in [0, 0.1) is 12.8 Å². The van der Waals surface area contributed by atoms with Gasteiger partial charge in [-0.3, -0.25) is 14.5 Å². The second-order valence-electron chi connectivity index (χ2n) is 7.58. The molecule has 0 saturated carbocycles. The first-order chi connectivity index (χ1) is 14.0. The molecule has 4 rings (SSSR count). The zero-order valence-corrected chi connectivity index (χ0v) is 17.8. The van der Waals surface area contributed by atoms with Crippen LogP contribution >= 0.6 is 11.3 Å². The molecule has 0 bridgehead atoms. The fraction of sp³-hybridized carbons (Fsp3) is 0.476. The highest BCUT2D eigenvalue weighted by atomic mass is 32.1. The maximum absolute atomic E-state index is 12.8. The minimum atomic E-state index is -0.402. The number of nitrogens with zero attached hydrogens (tertiary/aromatic N) is 3. The van der Waals surface area contributed by atoms with Gasteiger partial charge in [-0.1, -0.05) is 13.0 Å². The van der Waals surface area contributed by atoms with Gasteiger partial charge in [-0.2, -0.15) is 0 Å². The molecule has 2 aliphatic heterocycles. The number of aryl methyl sites for hydroxylation is 1. The van der Waals surface area contributed by atoms with Crippen LogP contribution in [0.4, 0.5) is 10.8 Å². The van der Waals surface area contributed by atoms with Crippen LogP contribution in [-0.2, 0) is 22.6 Å². The SMILES string of the molecule is CCN1CCc2nc(NC(=O)C3CC(=O)N(c4cc(C)ccc4OC)C3)sc2C1. The molecule has 1 N–H and O–H groups in total. The minimum Gasteiger partial charge on any atom is -0.495 e. The fourth-order valence-corrected chi connectivity index (χ4v) is 4.96. The molecule has 8 heteroatoms. The van der Waals surface area contributed by atoms with E-state index in [1.54, 1.807) is 23.3 Å². The highest BCUT2D eigenvalue weighted by Gasteiger charge is 2.36. The third-order valence-corrected chi connectivity index (χ3v) is 6.61.